The summed E-state index contributed by atoms with van der Waals surface area (Å²) in [5.74, 6) is 0. The lowest BCUT2D eigenvalue weighted by molar-refractivity contribution is 0.211. The molecule has 3 heteroatoms. The Morgan fingerprint density at radius 2 is 1.69 bits per heavy atom. The fourth-order valence-corrected chi connectivity index (χ4v) is 1.73. The van der Waals surface area contributed by atoms with Gasteiger partial charge in [0.05, 0.1) is 0 Å². The van der Waals surface area contributed by atoms with E-state index in [4.69, 9.17) is 0 Å². The van der Waals surface area contributed by atoms with Crippen LogP contribution in [-0.2, 0) is 0 Å². The van der Waals surface area contributed by atoms with E-state index in [2.05, 4.69) is 5.32 Å². The van der Waals surface area contributed by atoms with Crippen LogP contribution in [0.25, 0.3) is 0 Å². The fraction of sp³-hybridized carbons (Fsp3) is 0.900. The van der Waals surface area contributed by atoms with Gasteiger partial charge in [-0.25, -0.2) is 4.79 Å². The Hall–Kier alpha value is -0.730. The van der Waals surface area contributed by atoms with E-state index < -0.39 is 0 Å². The number of urea groups is 1. The van der Waals surface area contributed by atoms with Gasteiger partial charge in [0.25, 0.3) is 0 Å². The maximum Gasteiger partial charge on any atom is 0.317 e. The molecule has 1 aliphatic rings. The molecule has 76 valence electrons. The molecule has 1 N–H and O–H groups in total. The molecule has 0 aliphatic heterocycles. The molecule has 0 aromatic carbocycles. The van der Waals surface area contributed by atoms with E-state index in [1.165, 1.54) is 25.7 Å². The van der Waals surface area contributed by atoms with Gasteiger partial charge in [0.2, 0.25) is 0 Å². The van der Waals surface area contributed by atoms with Crippen LogP contribution in [0.4, 0.5) is 4.79 Å². The standard InChI is InChI=1S/C10H20N2O/c1-12(2)10(13)11-9-7-5-3-4-6-8-9/h9H,3-8H2,1-2H3,(H,11,13). The van der Waals surface area contributed by atoms with Gasteiger partial charge in [0.15, 0.2) is 0 Å². The third kappa shape index (κ3) is 3.66. The third-order valence-electron chi connectivity index (χ3n) is 2.59. The molecule has 0 heterocycles. The lowest BCUT2D eigenvalue weighted by Crippen LogP contribution is -2.41. The molecule has 1 rings (SSSR count). The van der Waals surface area contributed by atoms with Crippen molar-refractivity contribution in [2.24, 2.45) is 0 Å². The average Bonchev–Trinajstić information content (AvgIpc) is 2.32. The summed E-state index contributed by atoms with van der Waals surface area (Å²) in [6.45, 7) is 0. The molecule has 3 nitrogen and oxygen atoms in total. The van der Waals surface area contributed by atoms with Crippen LogP contribution in [0.5, 0.6) is 0 Å². The van der Waals surface area contributed by atoms with E-state index in [0.717, 1.165) is 12.8 Å². The van der Waals surface area contributed by atoms with Crippen LogP contribution in [0.1, 0.15) is 38.5 Å². The number of rotatable bonds is 1. The minimum absolute atomic E-state index is 0.0481. The van der Waals surface area contributed by atoms with Crippen LogP contribution in [0.15, 0.2) is 0 Å². The van der Waals surface area contributed by atoms with Gasteiger partial charge in [-0.2, -0.15) is 0 Å². The highest BCUT2D eigenvalue weighted by Crippen LogP contribution is 2.17. The maximum atomic E-state index is 11.3. The zero-order chi connectivity index (χ0) is 9.68. The first kappa shape index (κ1) is 10.4. The van der Waals surface area contributed by atoms with Crippen LogP contribution in [0.2, 0.25) is 0 Å². The molecule has 1 saturated carbocycles. The molecule has 13 heavy (non-hydrogen) atoms. The summed E-state index contributed by atoms with van der Waals surface area (Å²) in [5.41, 5.74) is 0. The molecule has 0 radical (unpaired) electrons. The first-order valence-corrected chi connectivity index (χ1v) is 5.18. The lowest BCUT2D eigenvalue weighted by Gasteiger charge is -2.19. The highest BCUT2D eigenvalue weighted by atomic mass is 16.2. The quantitative estimate of drug-likeness (QED) is 0.621. The SMILES string of the molecule is CN(C)C(=O)NC1CCCCCC1. The predicted molar refractivity (Wildman–Crippen MR) is 53.7 cm³/mol. The summed E-state index contributed by atoms with van der Waals surface area (Å²) in [6, 6.07) is 0.462. The van der Waals surface area contributed by atoms with Crippen LogP contribution >= 0.6 is 0 Å². The molecule has 2 amide bonds. The predicted octanol–water partition coefficient (Wildman–Crippen LogP) is 1.98. The maximum absolute atomic E-state index is 11.3. The first-order valence-electron chi connectivity index (χ1n) is 5.18. The normalized spacial score (nSPS) is 19.2. The molecular weight excluding hydrogens is 164 g/mol. The van der Waals surface area contributed by atoms with E-state index in [-0.39, 0.29) is 6.03 Å². The number of carbonyl (C=O) groups is 1. The zero-order valence-corrected chi connectivity index (χ0v) is 8.68. The van der Waals surface area contributed by atoms with E-state index >= 15 is 0 Å². The van der Waals surface area contributed by atoms with E-state index in [1.54, 1.807) is 19.0 Å². The number of nitrogens with zero attached hydrogens (tertiary/aromatic N) is 1. The van der Waals surface area contributed by atoms with Gasteiger partial charge >= 0.3 is 6.03 Å². The van der Waals surface area contributed by atoms with Gasteiger partial charge in [0, 0.05) is 20.1 Å². The summed E-state index contributed by atoms with van der Waals surface area (Å²) < 4.78 is 0. The minimum Gasteiger partial charge on any atom is -0.335 e. The van der Waals surface area contributed by atoms with Crippen molar-refractivity contribution in [1.82, 2.24) is 10.2 Å². The number of amides is 2. The lowest BCUT2D eigenvalue weighted by atomic mass is 10.1. The largest absolute Gasteiger partial charge is 0.335 e. The summed E-state index contributed by atoms with van der Waals surface area (Å²) in [6.07, 6.45) is 7.48. The molecule has 0 saturated heterocycles. The Kier molecular flexibility index (Phi) is 4.06. The second-order valence-electron chi connectivity index (χ2n) is 4.03. The highest BCUT2D eigenvalue weighted by molar-refractivity contribution is 5.73. The molecule has 0 bridgehead atoms. The Bertz CT molecular complexity index is 160. The second kappa shape index (κ2) is 5.10. The molecule has 0 aromatic heterocycles. The van der Waals surface area contributed by atoms with Crippen molar-refractivity contribution in [2.45, 2.75) is 44.6 Å². The third-order valence-corrected chi connectivity index (χ3v) is 2.59. The Morgan fingerprint density at radius 3 is 2.15 bits per heavy atom. The van der Waals surface area contributed by atoms with Crippen LogP contribution in [0.3, 0.4) is 0 Å². The number of carbonyl (C=O) groups excluding carboxylic acids is 1. The summed E-state index contributed by atoms with van der Waals surface area (Å²) in [7, 11) is 3.57. The van der Waals surface area contributed by atoms with Crippen molar-refractivity contribution in [3.63, 3.8) is 0 Å². The van der Waals surface area contributed by atoms with Gasteiger partial charge < -0.3 is 10.2 Å². The Labute approximate surface area is 80.5 Å². The number of hydrogen-bond acceptors (Lipinski definition) is 1. The molecule has 0 unspecified atom stereocenters. The summed E-state index contributed by atoms with van der Waals surface area (Å²) in [5, 5.41) is 3.05. The smallest absolute Gasteiger partial charge is 0.317 e. The summed E-state index contributed by atoms with van der Waals surface area (Å²) >= 11 is 0. The van der Waals surface area contributed by atoms with E-state index in [1.807, 2.05) is 0 Å². The van der Waals surface area contributed by atoms with E-state index in [0.29, 0.717) is 6.04 Å². The number of hydrogen-bond donors (Lipinski definition) is 1. The first-order chi connectivity index (χ1) is 6.20. The molecule has 0 aromatic rings. The Morgan fingerprint density at radius 1 is 1.15 bits per heavy atom. The van der Waals surface area contributed by atoms with Crippen molar-refractivity contribution in [1.29, 1.82) is 0 Å². The molecular formula is C10H20N2O. The minimum atomic E-state index is 0.0481. The highest BCUT2D eigenvalue weighted by Gasteiger charge is 2.14. The van der Waals surface area contributed by atoms with Gasteiger partial charge in [-0.05, 0) is 12.8 Å². The van der Waals surface area contributed by atoms with Crippen molar-refractivity contribution in [3.8, 4) is 0 Å². The zero-order valence-electron chi connectivity index (χ0n) is 8.68. The van der Waals surface area contributed by atoms with Gasteiger partial charge in [-0.3, -0.25) is 0 Å². The Balaban J connectivity index is 2.29. The van der Waals surface area contributed by atoms with Crippen molar-refractivity contribution in [3.05, 3.63) is 0 Å². The fourth-order valence-electron chi connectivity index (χ4n) is 1.73. The van der Waals surface area contributed by atoms with Crippen molar-refractivity contribution in [2.75, 3.05) is 14.1 Å². The van der Waals surface area contributed by atoms with E-state index in [9.17, 15) is 4.79 Å². The molecule has 0 spiro atoms. The van der Waals surface area contributed by atoms with Crippen molar-refractivity contribution >= 4 is 6.03 Å². The molecule has 1 fully saturated rings. The van der Waals surface area contributed by atoms with Crippen molar-refractivity contribution < 1.29 is 4.79 Å². The van der Waals surface area contributed by atoms with Gasteiger partial charge in [-0.15, -0.1) is 0 Å². The summed E-state index contributed by atoms with van der Waals surface area (Å²) in [4.78, 5) is 12.9. The van der Waals surface area contributed by atoms with Gasteiger partial charge in [0.1, 0.15) is 0 Å². The van der Waals surface area contributed by atoms with Gasteiger partial charge in [-0.1, -0.05) is 25.7 Å². The molecule has 0 atom stereocenters. The van der Waals surface area contributed by atoms with Crippen LogP contribution in [0, 0.1) is 0 Å². The van der Waals surface area contributed by atoms with Crippen LogP contribution < -0.4 is 5.32 Å². The number of nitrogens with one attached hydrogen (secondary N) is 1. The molecule has 1 aliphatic carbocycles. The second-order valence-corrected chi connectivity index (χ2v) is 4.03. The monoisotopic (exact) mass is 184 g/mol. The average molecular weight is 184 g/mol. The topological polar surface area (TPSA) is 32.3 Å². The van der Waals surface area contributed by atoms with Crippen LogP contribution in [-0.4, -0.2) is 31.1 Å².